The van der Waals surface area contributed by atoms with Gasteiger partial charge in [0.25, 0.3) is 5.91 Å². The third-order valence-corrected chi connectivity index (χ3v) is 7.49. The van der Waals surface area contributed by atoms with Gasteiger partial charge in [-0.1, -0.05) is 18.2 Å². The molecule has 4 rings (SSSR count). The fraction of sp³-hybridized carbons (Fsp3) is 0.429. The summed E-state index contributed by atoms with van der Waals surface area (Å²) >= 11 is 0. The Balaban J connectivity index is 1.35. The van der Waals surface area contributed by atoms with Gasteiger partial charge in [0.2, 0.25) is 10.0 Å². The van der Waals surface area contributed by atoms with Gasteiger partial charge in [0.1, 0.15) is 10.5 Å². The van der Waals surface area contributed by atoms with Gasteiger partial charge in [0.15, 0.2) is 5.76 Å². The average Bonchev–Trinajstić information content (AvgIpc) is 3.27. The third kappa shape index (κ3) is 3.87. The molecule has 2 aromatic heterocycles. The summed E-state index contributed by atoms with van der Waals surface area (Å²) in [6.07, 6.45) is 1.47. The Morgan fingerprint density at radius 2 is 1.93 bits per heavy atom. The zero-order valence-electron chi connectivity index (χ0n) is 17.4. The fourth-order valence-electron chi connectivity index (χ4n) is 4.03. The average molecular weight is 431 g/mol. The lowest BCUT2D eigenvalue weighted by atomic mass is 9.97. The van der Waals surface area contributed by atoms with Crippen molar-refractivity contribution in [3.63, 3.8) is 0 Å². The minimum atomic E-state index is -3.62. The van der Waals surface area contributed by atoms with Crippen LogP contribution in [0.2, 0.25) is 0 Å². The van der Waals surface area contributed by atoms with Crippen LogP contribution in [0.5, 0.6) is 0 Å². The molecule has 1 fully saturated rings. The Hall–Kier alpha value is -2.65. The van der Waals surface area contributed by atoms with Gasteiger partial charge in [-0.2, -0.15) is 5.10 Å². The number of likely N-dealkylation sites (tertiary alicyclic amines) is 1. The van der Waals surface area contributed by atoms with Crippen LogP contribution in [-0.4, -0.2) is 48.6 Å². The van der Waals surface area contributed by atoms with Crippen molar-refractivity contribution in [1.82, 2.24) is 19.4 Å². The van der Waals surface area contributed by atoms with E-state index < -0.39 is 10.0 Å². The smallest absolute Gasteiger partial charge is 0.289 e. The molecular weight excluding hydrogens is 404 g/mol. The predicted octanol–water partition coefficient (Wildman–Crippen LogP) is 2.61. The number of nitrogens with zero attached hydrogens (tertiary/aromatic N) is 3. The van der Waals surface area contributed by atoms with Gasteiger partial charge >= 0.3 is 0 Å². The number of rotatable bonds is 5. The molecule has 0 radical (unpaired) electrons. The van der Waals surface area contributed by atoms with E-state index in [1.54, 1.807) is 36.5 Å². The molecule has 0 unspecified atom stereocenters. The minimum absolute atomic E-state index is 0.119. The van der Waals surface area contributed by atoms with E-state index in [0.29, 0.717) is 42.4 Å². The number of benzene rings is 1. The zero-order chi connectivity index (χ0) is 21.5. The Morgan fingerprint density at radius 1 is 1.23 bits per heavy atom. The van der Waals surface area contributed by atoms with Crippen molar-refractivity contribution in [1.29, 1.82) is 0 Å². The largest absolute Gasteiger partial charge is 0.451 e. The molecule has 1 saturated heterocycles. The summed E-state index contributed by atoms with van der Waals surface area (Å²) in [4.78, 5) is 14.8. The molecule has 0 spiro atoms. The number of furan rings is 1. The Morgan fingerprint density at radius 3 is 2.57 bits per heavy atom. The summed E-state index contributed by atoms with van der Waals surface area (Å²) in [5.41, 5.74) is 1.81. The highest BCUT2D eigenvalue weighted by molar-refractivity contribution is 7.89. The number of hydrogen-bond donors (Lipinski definition) is 1. The predicted molar refractivity (Wildman–Crippen MR) is 113 cm³/mol. The zero-order valence-corrected chi connectivity index (χ0v) is 18.2. The Kier molecular flexibility index (Phi) is 5.42. The fourth-order valence-corrected chi connectivity index (χ4v) is 5.58. The summed E-state index contributed by atoms with van der Waals surface area (Å²) in [5, 5.41) is 5.10. The first kappa shape index (κ1) is 20.6. The molecule has 30 heavy (non-hydrogen) atoms. The molecule has 1 aliphatic rings. The van der Waals surface area contributed by atoms with Gasteiger partial charge in [0, 0.05) is 32.1 Å². The van der Waals surface area contributed by atoms with Gasteiger partial charge in [-0.3, -0.25) is 9.48 Å². The highest BCUT2D eigenvalue weighted by Gasteiger charge is 2.28. The molecule has 1 aliphatic heterocycles. The minimum Gasteiger partial charge on any atom is -0.451 e. The van der Waals surface area contributed by atoms with Crippen molar-refractivity contribution in [3.8, 4) is 0 Å². The molecule has 8 nitrogen and oxygen atoms in total. The van der Waals surface area contributed by atoms with Crippen LogP contribution in [0.4, 0.5) is 0 Å². The molecule has 0 saturated carbocycles. The first-order valence-corrected chi connectivity index (χ1v) is 11.5. The van der Waals surface area contributed by atoms with Gasteiger partial charge in [-0.05, 0) is 44.7 Å². The number of hydrogen-bond acceptors (Lipinski definition) is 5. The second kappa shape index (κ2) is 7.88. The van der Waals surface area contributed by atoms with E-state index in [2.05, 4.69) is 9.82 Å². The summed E-state index contributed by atoms with van der Waals surface area (Å²) in [6.45, 7) is 4.95. The number of carbonyl (C=O) groups excluding carboxylic acids is 1. The van der Waals surface area contributed by atoms with Crippen LogP contribution >= 0.6 is 0 Å². The number of sulfonamides is 1. The van der Waals surface area contributed by atoms with E-state index in [4.69, 9.17) is 4.42 Å². The van der Waals surface area contributed by atoms with Crippen LogP contribution in [-0.2, 0) is 17.1 Å². The number of para-hydroxylation sites is 1. The number of fused-ring (bicyclic) bond motifs is 1. The van der Waals surface area contributed by atoms with Crippen LogP contribution in [0.1, 0.15) is 34.8 Å². The first-order valence-electron chi connectivity index (χ1n) is 10.0. The lowest BCUT2D eigenvalue weighted by Crippen LogP contribution is -2.41. The molecule has 1 amide bonds. The number of aryl methyl sites for hydroxylation is 2. The number of nitrogens with one attached hydrogen (secondary N) is 1. The molecule has 1 aromatic carbocycles. The van der Waals surface area contributed by atoms with Gasteiger partial charge in [-0.15, -0.1) is 0 Å². The second-order valence-electron chi connectivity index (χ2n) is 7.86. The van der Waals surface area contributed by atoms with Crippen LogP contribution in [0.3, 0.4) is 0 Å². The summed E-state index contributed by atoms with van der Waals surface area (Å²) in [6, 6.07) is 9.32. The van der Waals surface area contributed by atoms with Gasteiger partial charge < -0.3 is 9.32 Å². The van der Waals surface area contributed by atoms with Crippen LogP contribution in [0.25, 0.3) is 11.0 Å². The van der Waals surface area contributed by atoms with Gasteiger partial charge in [0.05, 0.1) is 11.4 Å². The molecule has 160 valence electrons. The van der Waals surface area contributed by atoms with Crippen molar-refractivity contribution >= 4 is 26.9 Å². The van der Waals surface area contributed by atoms with E-state index in [1.807, 2.05) is 24.3 Å². The maximum atomic E-state index is 12.8. The van der Waals surface area contributed by atoms with E-state index in [1.165, 1.54) is 0 Å². The monoisotopic (exact) mass is 430 g/mol. The molecule has 9 heteroatoms. The van der Waals surface area contributed by atoms with Crippen molar-refractivity contribution in [2.75, 3.05) is 19.6 Å². The standard InChI is InChI=1S/C21H26N4O4S/c1-14-20(15(2)24(3)23-14)30(27,28)22-13-16-8-10-25(11-9-16)21(26)19-12-17-6-4-5-7-18(17)29-19/h4-7,12,16,22H,8-11,13H2,1-3H3. The molecule has 3 heterocycles. The maximum Gasteiger partial charge on any atom is 0.289 e. The summed E-state index contributed by atoms with van der Waals surface area (Å²) in [5.74, 6) is 0.404. The SMILES string of the molecule is Cc1nn(C)c(C)c1S(=O)(=O)NCC1CCN(C(=O)c2cc3ccccc3o2)CC1. The van der Waals surface area contributed by atoms with Gasteiger partial charge in [-0.25, -0.2) is 13.1 Å². The molecule has 0 atom stereocenters. The first-order chi connectivity index (χ1) is 14.3. The van der Waals surface area contributed by atoms with Crippen molar-refractivity contribution in [2.24, 2.45) is 13.0 Å². The Labute approximate surface area is 175 Å². The number of piperidine rings is 1. The quantitative estimate of drug-likeness (QED) is 0.671. The van der Waals surface area contributed by atoms with E-state index in [9.17, 15) is 13.2 Å². The molecular formula is C21H26N4O4S. The maximum absolute atomic E-state index is 12.8. The number of carbonyl (C=O) groups is 1. The van der Waals surface area contributed by atoms with Crippen molar-refractivity contribution in [2.45, 2.75) is 31.6 Å². The normalized spacial score (nSPS) is 15.8. The van der Waals surface area contributed by atoms with Crippen molar-refractivity contribution in [3.05, 3.63) is 47.5 Å². The lowest BCUT2D eigenvalue weighted by Gasteiger charge is -2.31. The molecule has 1 N–H and O–H groups in total. The van der Waals surface area contributed by atoms with Crippen LogP contribution in [0, 0.1) is 19.8 Å². The van der Waals surface area contributed by atoms with E-state index in [-0.39, 0.29) is 16.7 Å². The van der Waals surface area contributed by atoms with E-state index in [0.717, 1.165) is 18.2 Å². The number of aromatic nitrogens is 2. The summed E-state index contributed by atoms with van der Waals surface area (Å²) < 4.78 is 35.5. The molecule has 0 bridgehead atoms. The second-order valence-corrected chi connectivity index (χ2v) is 9.56. The highest BCUT2D eigenvalue weighted by atomic mass is 32.2. The summed E-state index contributed by atoms with van der Waals surface area (Å²) in [7, 11) is -1.88. The van der Waals surface area contributed by atoms with Crippen molar-refractivity contribution < 1.29 is 17.6 Å². The van der Waals surface area contributed by atoms with Crippen LogP contribution in [0.15, 0.2) is 39.6 Å². The highest BCUT2D eigenvalue weighted by Crippen LogP contribution is 2.24. The lowest BCUT2D eigenvalue weighted by molar-refractivity contribution is 0.0662. The van der Waals surface area contributed by atoms with E-state index >= 15 is 0 Å². The molecule has 3 aromatic rings. The third-order valence-electron chi connectivity index (χ3n) is 5.81. The Bertz CT molecular complexity index is 1150. The topological polar surface area (TPSA) is 97.4 Å². The molecule has 0 aliphatic carbocycles. The van der Waals surface area contributed by atoms with Crippen LogP contribution < -0.4 is 4.72 Å². The number of amides is 1.